The van der Waals surface area contributed by atoms with Gasteiger partial charge >= 0.3 is 0 Å². The van der Waals surface area contributed by atoms with E-state index >= 15 is 0 Å². The Labute approximate surface area is 92.8 Å². The zero-order valence-electron chi connectivity index (χ0n) is 8.84. The molecule has 80 valence electrons. The van der Waals surface area contributed by atoms with E-state index in [0.29, 0.717) is 0 Å². The molecule has 1 atom stereocenters. The van der Waals surface area contributed by atoms with E-state index in [9.17, 15) is 0 Å². The van der Waals surface area contributed by atoms with Gasteiger partial charge in [-0.15, -0.1) is 11.3 Å². The lowest BCUT2D eigenvalue weighted by atomic mass is 10.1. The van der Waals surface area contributed by atoms with Gasteiger partial charge in [-0.05, 0) is 6.42 Å². The van der Waals surface area contributed by atoms with Gasteiger partial charge < -0.3 is 5.73 Å². The van der Waals surface area contributed by atoms with Gasteiger partial charge in [-0.2, -0.15) is 5.10 Å². The Kier molecular flexibility index (Phi) is 2.83. The minimum Gasteiger partial charge on any atom is -0.318 e. The van der Waals surface area contributed by atoms with Crippen molar-refractivity contribution >= 4 is 11.3 Å². The molecule has 0 spiro atoms. The maximum atomic E-state index is 6.15. The minimum absolute atomic E-state index is 0.145. The smallest absolute Gasteiger partial charge is 0.114 e. The van der Waals surface area contributed by atoms with Crippen LogP contribution in [-0.2, 0) is 13.5 Å². The monoisotopic (exact) mass is 222 g/mol. The quantitative estimate of drug-likeness (QED) is 0.856. The summed E-state index contributed by atoms with van der Waals surface area (Å²) in [5.41, 5.74) is 8.28. The number of aryl methyl sites for hydroxylation is 2. The lowest BCUT2D eigenvalue weighted by Gasteiger charge is -2.07. The number of nitrogens with two attached hydrogens (primary N) is 1. The van der Waals surface area contributed by atoms with Crippen LogP contribution in [0.2, 0.25) is 0 Å². The first-order valence-electron chi connectivity index (χ1n) is 4.89. The van der Waals surface area contributed by atoms with Crippen molar-refractivity contribution in [1.29, 1.82) is 0 Å². The molecule has 1 unspecified atom stereocenters. The molecule has 0 saturated carbocycles. The Morgan fingerprint density at radius 1 is 1.60 bits per heavy atom. The van der Waals surface area contributed by atoms with Gasteiger partial charge in [-0.25, -0.2) is 4.98 Å². The van der Waals surface area contributed by atoms with Crippen LogP contribution < -0.4 is 5.73 Å². The van der Waals surface area contributed by atoms with Crippen LogP contribution in [-0.4, -0.2) is 14.8 Å². The fourth-order valence-corrected chi connectivity index (χ4v) is 2.26. The molecule has 0 aromatic carbocycles. The van der Waals surface area contributed by atoms with Gasteiger partial charge in [0.2, 0.25) is 0 Å². The Balaban J connectivity index is 2.36. The van der Waals surface area contributed by atoms with E-state index in [2.05, 4.69) is 17.0 Å². The van der Waals surface area contributed by atoms with Gasteiger partial charge in [0.25, 0.3) is 0 Å². The topological polar surface area (TPSA) is 56.7 Å². The van der Waals surface area contributed by atoms with Gasteiger partial charge in [0.1, 0.15) is 5.01 Å². The summed E-state index contributed by atoms with van der Waals surface area (Å²) >= 11 is 1.58. The Morgan fingerprint density at radius 3 is 3.00 bits per heavy atom. The second-order valence-electron chi connectivity index (χ2n) is 3.41. The summed E-state index contributed by atoms with van der Waals surface area (Å²) in [4.78, 5) is 4.23. The van der Waals surface area contributed by atoms with Crippen molar-refractivity contribution in [3.8, 4) is 0 Å². The molecule has 5 heteroatoms. The van der Waals surface area contributed by atoms with E-state index in [1.54, 1.807) is 17.5 Å². The van der Waals surface area contributed by atoms with Gasteiger partial charge in [0, 0.05) is 30.4 Å². The van der Waals surface area contributed by atoms with E-state index in [4.69, 9.17) is 5.73 Å². The number of thiazole rings is 1. The predicted octanol–water partition coefficient (Wildman–Crippen LogP) is 1.49. The number of hydrogen-bond acceptors (Lipinski definition) is 4. The third-order valence-electron chi connectivity index (χ3n) is 2.33. The molecule has 2 aromatic heterocycles. The lowest BCUT2D eigenvalue weighted by Crippen LogP contribution is -2.12. The van der Waals surface area contributed by atoms with Crippen molar-refractivity contribution in [3.63, 3.8) is 0 Å². The first-order valence-corrected chi connectivity index (χ1v) is 5.77. The SMILES string of the molecule is CCc1nn(C)cc1C(N)c1nccs1. The summed E-state index contributed by atoms with van der Waals surface area (Å²) in [5, 5.41) is 7.26. The zero-order chi connectivity index (χ0) is 10.8. The van der Waals surface area contributed by atoms with E-state index in [0.717, 1.165) is 22.7 Å². The van der Waals surface area contributed by atoms with Crippen LogP contribution in [0.1, 0.15) is 29.2 Å². The normalized spacial score (nSPS) is 13.0. The van der Waals surface area contributed by atoms with E-state index in [1.165, 1.54) is 0 Å². The molecule has 0 fully saturated rings. The third-order valence-corrected chi connectivity index (χ3v) is 3.18. The van der Waals surface area contributed by atoms with Crippen LogP contribution in [0.3, 0.4) is 0 Å². The fraction of sp³-hybridized carbons (Fsp3) is 0.400. The third kappa shape index (κ3) is 1.93. The van der Waals surface area contributed by atoms with Crippen LogP contribution in [0.5, 0.6) is 0 Å². The van der Waals surface area contributed by atoms with Crippen molar-refractivity contribution in [3.05, 3.63) is 34.0 Å². The van der Waals surface area contributed by atoms with Crippen LogP contribution in [0.15, 0.2) is 17.8 Å². The van der Waals surface area contributed by atoms with Crippen molar-refractivity contribution in [1.82, 2.24) is 14.8 Å². The van der Waals surface area contributed by atoms with Crippen molar-refractivity contribution in [2.24, 2.45) is 12.8 Å². The molecule has 4 nitrogen and oxygen atoms in total. The molecule has 2 heterocycles. The largest absolute Gasteiger partial charge is 0.318 e. The molecule has 0 aliphatic heterocycles. The summed E-state index contributed by atoms with van der Waals surface area (Å²) in [5.74, 6) is 0. The van der Waals surface area contributed by atoms with Crippen LogP contribution in [0.25, 0.3) is 0 Å². The Hall–Kier alpha value is -1.20. The van der Waals surface area contributed by atoms with Gasteiger partial charge in [-0.3, -0.25) is 4.68 Å². The van der Waals surface area contributed by atoms with Crippen molar-refractivity contribution in [2.45, 2.75) is 19.4 Å². The average molecular weight is 222 g/mol. The highest BCUT2D eigenvalue weighted by Gasteiger charge is 2.17. The minimum atomic E-state index is -0.145. The van der Waals surface area contributed by atoms with Crippen molar-refractivity contribution < 1.29 is 0 Å². The van der Waals surface area contributed by atoms with Gasteiger partial charge in [0.05, 0.1) is 11.7 Å². The molecule has 0 aliphatic rings. The average Bonchev–Trinajstić information content (AvgIpc) is 2.84. The summed E-state index contributed by atoms with van der Waals surface area (Å²) in [6.45, 7) is 2.08. The van der Waals surface area contributed by atoms with Crippen LogP contribution >= 0.6 is 11.3 Å². The van der Waals surface area contributed by atoms with Crippen molar-refractivity contribution in [2.75, 3.05) is 0 Å². The van der Waals surface area contributed by atoms with Gasteiger partial charge in [-0.1, -0.05) is 6.92 Å². The molecule has 2 rings (SSSR count). The first kappa shape index (κ1) is 10.3. The summed E-state index contributed by atoms with van der Waals surface area (Å²) in [6.07, 6.45) is 4.65. The molecule has 0 saturated heterocycles. The number of rotatable bonds is 3. The second kappa shape index (κ2) is 4.12. The van der Waals surface area contributed by atoms with Crippen LogP contribution in [0, 0.1) is 0 Å². The summed E-state index contributed by atoms with van der Waals surface area (Å²) < 4.78 is 1.81. The summed E-state index contributed by atoms with van der Waals surface area (Å²) in [6, 6.07) is -0.145. The molecule has 2 aromatic rings. The molecule has 15 heavy (non-hydrogen) atoms. The Morgan fingerprint density at radius 2 is 2.40 bits per heavy atom. The molecule has 2 N–H and O–H groups in total. The highest BCUT2D eigenvalue weighted by molar-refractivity contribution is 7.09. The molecule has 0 radical (unpaired) electrons. The lowest BCUT2D eigenvalue weighted by molar-refractivity contribution is 0.746. The standard InChI is InChI=1S/C10H14N4S/c1-3-8-7(6-14(2)13-8)9(11)10-12-4-5-15-10/h4-6,9H,3,11H2,1-2H3. The number of nitrogens with zero attached hydrogens (tertiary/aromatic N) is 3. The molecule has 0 amide bonds. The second-order valence-corrected chi connectivity index (χ2v) is 4.33. The summed E-state index contributed by atoms with van der Waals surface area (Å²) in [7, 11) is 1.91. The van der Waals surface area contributed by atoms with E-state index in [-0.39, 0.29) is 6.04 Å². The number of hydrogen-bond donors (Lipinski definition) is 1. The molecule has 0 aliphatic carbocycles. The zero-order valence-corrected chi connectivity index (χ0v) is 9.66. The van der Waals surface area contributed by atoms with E-state index < -0.39 is 0 Å². The first-order chi connectivity index (χ1) is 7.22. The van der Waals surface area contributed by atoms with Gasteiger partial charge in [0.15, 0.2) is 0 Å². The highest BCUT2D eigenvalue weighted by Crippen LogP contribution is 2.23. The highest BCUT2D eigenvalue weighted by atomic mass is 32.1. The maximum Gasteiger partial charge on any atom is 0.114 e. The maximum absolute atomic E-state index is 6.15. The number of aromatic nitrogens is 3. The predicted molar refractivity (Wildman–Crippen MR) is 60.7 cm³/mol. The molecular formula is C10H14N4S. The molecule has 0 bridgehead atoms. The van der Waals surface area contributed by atoms with Crippen LogP contribution in [0.4, 0.5) is 0 Å². The molecular weight excluding hydrogens is 208 g/mol. The Bertz CT molecular complexity index is 432. The van der Waals surface area contributed by atoms with E-state index in [1.807, 2.05) is 23.3 Å². The fourth-order valence-electron chi connectivity index (χ4n) is 1.61.